The molecule has 0 amide bonds. The zero-order chi connectivity index (χ0) is 15.1. The lowest BCUT2D eigenvalue weighted by molar-refractivity contribution is 0.299. The fraction of sp³-hybridized carbons (Fsp3) is 0.353. The van der Waals surface area contributed by atoms with Crippen LogP contribution in [-0.4, -0.2) is 11.5 Å². The molecule has 112 valence electrons. The molecular weight excluding hydrogens is 267 g/mol. The topological polar surface area (TPSA) is 34.1 Å². The lowest BCUT2D eigenvalue weighted by Gasteiger charge is -2.08. The van der Waals surface area contributed by atoms with Gasteiger partial charge in [0.2, 0.25) is 0 Å². The largest absolute Gasteiger partial charge is 0.487 e. The average Bonchev–Trinajstić information content (AvgIpc) is 2.46. The standard InChI is InChI=1S/C17H21FN2O/c1-13(2)9-19-10-14-6-7-16(20-11-14)12-21-17-5-3-4-15(18)8-17/h3-8,11,13,19H,9-10,12H2,1-2H3. The second kappa shape index (κ2) is 7.74. The third kappa shape index (κ3) is 5.52. The molecule has 2 rings (SSSR count). The van der Waals surface area contributed by atoms with E-state index < -0.39 is 0 Å². The minimum Gasteiger partial charge on any atom is -0.487 e. The Bertz CT molecular complexity index is 555. The van der Waals surface area contributed by atoms with Gasteiger partial charge in [-0.2, -0.15) is 0 Å². The van der Waals surface area contributed by atoms with Crippen molar-refractivity contribution in [3.8, 4) is 5.75 Å². The minimum absolute atomic E-state index is 0.299. The van der Waals surface area contributed by atoms with Gasteiger partial charge in [-0.15, -0.1) is 0 Å². The van der Waals surface area contributed by atoms with Gasteiger partial charge in [-0.25, -0.2) is 4.39 Å². The quantitative estimate of drug-likeness (QED) is 0.846. The number of nitrogens with zero attached hydrogens (tertiary/aromatic N) is 1. The first-order chi connectivity index (χ1) is 10.1. The van der Waals surface area contributed by atoms with Crippen molar-refractivity contribution in [1.82, 2.24) is 10.3 Å². The van der Waals surface area contributed by atoms with Crippen LogP contribution in [0.25, 0.3) is 0 Å². The van der Waals surface area contributed by atoms with E-state index in [0.29, 0.717) is 18.3 Å². The zero-order valence-electron chi connectivity index (χ0n) is 12.5. The molecular formula is C17H21FN2O. The molecule has 0 atom stereocenters. The zero-order valence-corrected chi connectivity index (χ0v) is 12.5. The van der Waals surface area contributed by atoms with E-state index in [1.54, 1.807) is 12.1 Å². The van der Waals surface area contributed by atoms with Gasteiger partial charge in [0.1, 0.15) is 18.2 Å². The Morgan fingerprint density at radius 2 is 2.10 bits per heavy atom. The van der Waals surface area contributed by atoms with Crippen LogP contribution in [0.1, 0.15) is 25.1 Å². The number of pyridine rings is 1. The highest BCUT2D eigenvalue weighted by Gasteiger charge is 2.00. The molecule has 0 aliphatic carbocycles. The third-order valence-electron chi connectivity index (χ3n) is 2.95. The van der Waals surface area contributed by atoms with E-state index in [1.807, 2.05) is 18.3 Å². The lowest BCUT2D eigenvalue weighted by Crippen LogP contribution is -2.19. The summed E-state index contributed by atoms with van der Waals surface area (Å²) in [7, 11) is 0. The van der Waals surface area contributed by atoms with E-state index in [0.717, 1.165) is 24.3 Å². The Labute approximate surface area is 125 Å². The van der Waals surface area contributed by atoms with Crippen LogP contribution in [0.2, 0.25) is 0 Å². The predicted octanol–water partition coefficient (Wildman–Crippen LogP) is 3.55. The smallest absolute Gasteiger partial charge is 0.130 e. The van der Waals surface area contributed by atoms with Crippen molar-refractivity contribution in [2.24, 2.45) is 5.92 Å². The Balaban J connectivity index is 1.82. The van der Waals surface area contributed by atoms with Crippen molar-refractivity contribution < 1.29 is 9.13 Å². The Hall–Kier alpha value is -1.94. The Morgan fingerprint density at radius 3 is 2.76 bits per heavy atom. The minimum atomic E-state index is -0.299. The molecule has 0 aliphatic heterocycles. The molecule has 0 saturated heterocycles. The van der Waals surface area contributed by atoms with Gasteiger partial charge in [-0.05, 0) is 36.2 Å². The SMILES string of the molecule is CC(C)CNCc1ccc(COc2cccc(F)c2)nc1. The number of rotatable bonds is 7. The molecule has 0 saturated carbocycles. The van der Waals surface area contributed by atoms with Crippen LogP contribution in [0, 0.1) is 11.7 Å². The summed E-state index contributed by atoms with van der Waals surface area (Å²) in [5, 5.41) is 3.37. The molecule has 0 bridgehead atoms. The number of benzene rings is 1. The molecule has 0 aliphatic rings. The number of nitrogens with one attached hydrogen (secondary N) is 1. The Kier molecular flexibility index (Phi) is 5.69. The molecule has 0 spiro atoms. The number of hydrogen-bond acceptors (Lipinski definition) is 3. The van der Waals surface area contributed by atoms with Gasteiger partial charge in [-0.3, -0.25) is 4.98 Å². The fourth-order valence-corrected chi connectivity index (χ4v) is 1.86. The van der Waals surface area contributed by atoms with Gasteiger partial charge in [0.25, 0.3) is 0 Å². The molecule has 21 heavy (non-hydrogen) atoms. The van der Waals surface area contributed by atoms with Crippen molar-refractivity contribution >= 4 is 0 Å². The average molecular weight is 288 g/mol. The van der Waals surface area contributed by atoms with E-state index in [-0.39, 0.29) is 5.82 Å². The van der Waals surface area contributed by atoms with Gasteiger partial charge in [0.15, 0.2) is 0 Å². The number of halogens is 1. The summed E-state index contributed by atoms with van der Waals surface area (Å²) in [6.07, 6.45) is 1.84. The second-order valence-corrected chi connectivity index (χ2v) is 5.43. The molecule has 0 radical (unpaired) electrons. The molecule has 0 unspecified atom stereocenters. The fourth-order valence-electron chi connectivity index (χ4n) is 1.86. The molecule has 2 aromatic rings. The predicted molar refractivity (Wildman–Crippen MR) is 81.5 cm³/mol. The van der Waals surface area contributed by atoms with Crippen LogP contribution in [0.5, 0.6) is 5.75 Å². The number of ether oxygens (including phenoxy) is 1. The van der Waals surface area contributed by atoms with Crippen molar-refractivity contribution in [3.05, 3.63) is 59.7 Å². The van der Waals surface area contributed by atoms with Crippen LogP contribution in [-0.2, 0) is 13.2 Å². The van der Waals surface area contributed by atoms with E-state index in [1.165, 1.54) is 12.1 Å². The molecule has 3 nitrogen and oxygen atoms in total. The highest BCUT2D eigenvalue weighted by Crippen LogP contribution is 2.13. The Morgan fingerprint density at radius 1 is 1.24 bits per heavy atom. The molecule has 0 fully saturated rings. The summed E-state index contributed by atoms with van der Waals surface area (Å²) < 4.78 is 18.5. The number of aromatic nitrogens is 1. The van der Waals surface area contributed by atoms with Crippen LogP contribution in [0.15, 0.2) is 42.6 Å². The lowest BCUT2D eigenvalue weighted by atomic mass is 10.2. The first-order valence-corrected chi connectivity index (χ1v) is 7.16. The van der Waals surface area contributed by atoms with E-state index in [9.17, 15) is 4.39 Å². The second-order valence-electron chi connectivity index (χ2n) is 5.43. The summed E-state index contributed by atoms with van der Waals surface area (Å²) >= 11 is 0. The highest BCUT2D eigenvalue weighted by atomic mass is 19.1. The third-order valence-corrected chi connectivity index (χ3v) is 2.95. The van der Waals surface area contributed by atoms with Gasteiger partial charge in [0, 0.05) is 18.8 Å². The van der Waals surface area contributed by atoms with E-state index >= 15 is 0 Å². The van der Waals surface area contributed by atoms with Crippen molar-refractivity contribution in [1.29, 1.82) is 0 Å². The van der Waals surface area contributed by atoms with E-state index in [4.69, 9.17) is 4.74 Å². The van der Waals surface area contributed by atoms with Crippen molar-refractivity contribution in [2.75, 3.05) is 6.54 Å². The monoisotopic (exact) mass is 288 g/mol. The van der Waals surface area contributed by atoms with Gasteiger partial charge >= 0.3 is 0 Å². The maximum atomic E-state index is 13.0. The van der Waals surface area contributed by atoms with Crippen molar-refractivity contribution in [3.63, 3.8) is 0 Å². The van der Waals surface area contributed by atoms with Gasteiger partial charge in [0.05, 0.1) is 5.69 Å². The summed E-state index contributed by atoms with van der Waals surface area (Å²) in [6, 6.07) is 10.1. The summed E-state index contributed by atoms with van der Waals surface area (Å²) in [6.45, 7) is 6.50. The van der Waals surface area contributed by atoms with E-state index in [2.05, 4.69) is 24.1 Å². The van der Waals surface area contributed by atoms with Crippen LogP contribution < -0.4 is 10.1 Å². The molecule has 1 N–H and O–H groups in total. The maximum absolute atomic E-state index is 13.0. The molecule has 1 heterocycles. The first kappa shape index (κ1) is 15.4. The van der Waals surface area contributed by atoms with Crippen LogP contribution in [0.3, 0.4) is 0 Å². The molecule has 4 heteroatoms. The number of hydrogen-bond donors (Lipinski definition) is 1. The van der Waals surface area contributed by atoms with Crippen LogP contribution >= 0.6 is 0 Å². The van der Waals surface area contributed by atoms with Crippen LogP contribution in [0.4, 0.5) is 4.39 Å². The first-order valence-electron chi connectivity index (χ1n) is 7.16. The van der Waals surface area contributed by atoms with Gasteiger partial charge < -0.3 is 10.1 Å². The highest BCUT2D eigenvalue weighted by molar-refractivity contribution is 5.23. The summed E-state index contributed by atoms with van der Waals surface area (Å²) in [5.74, 6) is 0.850. The summed E-state index contributed by atoms with van der Waals surface area (Å²) in [4.78, 5) is 4.36. The summed E-state index contributed by atoms with van der Waals surface area (Å²) in [5.41, 5.74) is 1.97. The molecule has 1 aromatic carbocycles. The normalized spacial score (nSPS) is 10.9. The van der Waals surface area contributed by atoms with Gasteiger partial charge in [-0.1, -0.05) is 26.0 Å². The van der Waals surface area contributed by atoms with Crippen molar-refractivity contribution in [2.45, 2.75) is 27.0 Å². The maximum Gasteiger partial charge on any atom is 0.130 e. The molecule has 1 aromatic heterocycles.